The minimum absolute atomic E-state index is 0.109. The van der Waals surface area contributed by atoms with Crippen LogP contribution in [0, 0.1) is 0 Å². The van der Waals surface area contributed by atoms with Gasteiger partial charge in [-0.3, -0.25) is 0 Å². The zero-order valence-corrected chi connectivity index (χ0v) is 15.1. The fraction of sp³-hybridized carbons (Fsp3) is 0.625. The molecule has 0 fully saturated rings. The first kappa shape index (κ1) is 18.7. The zero-order chi connectivity index (χ0) is 16.3. The number of hydrogen-bond donors (Lipinski definition) is 3. The van der Waals surface area contributed by atoms with E-state index in [2.05, 4.69) is 13.8 Å². The SMILES string of the molecule is CC(C)(CCC[C@@H](O)[C@H](O)c1ccccc1Cl)[Si](C)(C)O. The van der Waals surface area contributed by atoms with E-state index in [0.29, 0.717) is 17.0 Å². The summed E-state index contributed by atoms with van der Waals surface area (Å²) in [6.07, 6.45) is 0.257. The topological polar surface area (TPSA) is 60.7 Å². The average Bonchev–Trinajstić information content (AvgIpc) is 2.36. The van der Waals surface area contributed by atoms with Crippen LogP contribution in [0.5, 0.6) is 0 Å². The number of aliphatic hydroxyl groups is 2. The maximum Gasteiger partial charge on any atom is 0.188 e. The Morgan fingerprint density at radius 2 is 1.76 bits per heavy atom. The van der Waals surface area contributed by atoms with Gasteiger partial charge in [-0.15, -0.1) is 0 Å². The first-order valence-corrected chi connectivity index (χ1v) is 10.7. The van der Waals surface area contributed by atoms with Gasteiger partial charge in [-0.2, -0.15) is 0 Å². The number of benzene rings is 1. The quantitative estimate of drug-likeness (QED) is 0.665. The van der Waals surface area contributed by atoms with Gasteiger partial charge in [-0.25, -0.2) is 0 Å². The smallest absolute Gasteiger partial charge is 0.188 e. The van der Waals surface area contributed by atoms with Crippen molar-refractivity contribution in [3.63, 3.8) is 0 Å². The van der Waals surface area contributed by atoms with Crippen molar-refractivity contribution in [2.24, 2.45) is 0 Å². The molecule has 21 heavy (non-hydrogen) atoms. The molecule has 0 amide bonds. The fourth-order valence-corrected chi connectivity index (χ4v) is 3.18. The largest absolute Gasteiger partial charge is 0.432 e. The standard InChI is InChI=1S/C16H27ClO3Si/c1-16(2,21(3,4)20)11-7-10-14(18)15(19)12-8-5-6-9-13(12)17/h5-6,8-9,14-15,18-20H,7,10-11H2,1-4H3/t14-,15-/m1/s1. The normalized spacial score (nSPS) is 15.8. The Kier molecular flexibility index (Phi) is 6.44. The van der Waals surface area contributed by atoms with Crippen LogP contribution in [0.15, 0.2) is 24.3 Å². The molecule has 0 saturated carbocycles. The highest BCUT2D eigenvalue weighted by molar-refractivity contribution is 6.72. The van der Waals surface area contributed by atoms with Crippen molar-refractivity contribution < 1.29 is 15.0 Å². The summed E-state index contributed by atoms with van der Waals surface area (Å²) in [6, 6.07) is 7.02. The Morgan fingerprint density at radius 3 is 2.29 bits per heavy atom. The summed E-state index contributed by atoms with van der Waals surface area (Å²) in [5.74, 6) is 0. The second-order valence-corrected chi connectivity index (χ2v) is 11.7. The highest BCUT2D eigenvalue weighted by atomic mass is 35.5. The van der Waals surface area contributed by atoms with Gasteiger partial charge in [0.05, 0.1) is 6.10 Å². The molecule has 1 rings (SSSR count). The van der Waals surface area contributed by atoms with Gasteiger partial charge in [0.1, 0.15) is 6.10 Å². The molecule has 0 aliphatic heterocycles. The molecule has 1 aromatic rings. The van der Waals surface area contributed by atoms with Crippen LogP contribution in [0.25, 0.3) is 0 Å². The van der Waals surface area contributed by atoms with Crippen molar-refractivity contribution in [3.05, 3.63) is 34.9 Å². The second kappa shape index (κ2) is 7.25. The van der Waals surface area contributed by atoms with E-state index in [1.807, 2.05) is 13.1 Å². The summed E-state index contributed by atoms with van der Waals surface area (Å²) in [5.41, 5.74) is 0.558. The minimum atomic E-state index is -2.22. The van der Waals surface area contributed by atoms with Gasteiger partial charge in [0.25, 0.3) is 0 Å². The lowest BCUT2D eigenvalue weighted by molar-refractivity contribution is 0.0116. The van der Waals surface area contributed by atoms with Crippen molar-refractivity contribution >= 4 is 19.9 Å². The molecule has 2 atom stereocenters. The predicted molar refractivity (Wildman–Crippen MR) is 90.0 cm³/mol. The van der Waals surface area contributed by atoms with Crippen LogP contribution in [0.4, 0.5) is 0 Å². The Balaban J connectivity index is 2.55. The lowest BCUT2D eigenvalue weighted by atomic mass is 9.97. The molecule has 5 heteroatoms. The van der Waals surface area contributed by atoms with E-state index in [0.717, 1.165) is 12.8 Å². The number of halogens is 1. The average molecular weight is 331 g/mol. The second-order valence-electron chi connectivity index (χ2n) is 6.87. The summed E-state index contributed by atoms with van der Waals surface area (Å²) in [7, 11) is -2.22. The summed E-state index contributed by atoms with van der Waals surface area (Å²) in [5, 5.41) is 20.7. The lowest BCUT2D eigenvalue weighted by Gasteiger charge is -2.35. The molecule has 0 aromatic heterocycles. The Labute approximate surface area is 133 Å². The third-order valence-corrected chi connectivity index (χ3v) is 8.45. The van der Waals surface area contributed by atoms with E-state index in [1.165, 1.54) is 0 Å². The van der Waals surface area contributed by atoms with Crippen LogP contribution in [0.1, 0.15) is 44.8 Å². The minimum Gasteiger partial charge on any atom is -0.432 e. The van der Waals surface area contributed by atoms with E-state index in [1.54, 1.807) is 24.3 Å². The number of hydrogen-bond acceptors (Lipinski definition) is 3. The Bertz CT molecular complexity index is 457. The predicted octanol–water partition coefficient (Wildman–Crippen LogP) is 3.88. The zero-order valence-electron chi connectivity index (χ0n) is 13.3. The third kappa shape index (κ3) is 5.08. The highest BCUT2D eigenvalue weighted by Crippen LogP contribution is 2.40. The van der Waals surface area contributed by atoms with Gasteiger partial charge < -0.3 is 15.0 Å². The fourth-order valence-electron chi connectivity index (χ4n) is 2.14. The van der Waals surface area contributed by atoms with Crippen molar-refractivity contribution in [1.82, 2.24) is 0 Å². The maximum atomic E-state index is 10.2. The molecule has 0 aliphatic carbocycles. The molecule has 3 nitrogen and oxygen atoms in total. The van der Waals surface area contributed by atoms with Gasteiger partial charge >= 0.3 is 0 Å². The van der Waals surface area contributed by atoms with E-state index in [-0.39, 0.29) is 5.04 Å². The molecule has 0 aliphatic rings. The molecule has 0 spiro atoms. The van der Waals surface area contributed by atoms with Crippen LogP contribution in [0.2, 0.25) is 23.2 Å². The summed E-state index contributed by atoms with van der Waals surface area (Å²) < 4.78 is 0. The van der Waals surface area contributed by atoms with Crippen LogP contribution in [-0.4, -0.2) is 29.4 Å². The molecule has 0 radical (unpaired) electrons. The molecular formula is C16H27ClO3Si. The lowest BCUT2D eigenvalue weighted by Crippen LogP contribution is -2.39. The van der Waals surface area contributed by atoms with Crippen LogP contribution in [-0.2, 0) is 0 Å². The van der Waals surface area contributed by atoms with E-state index in [4.69, 9.17) is 11.6 Å². The van der Waals surface area contributed by atoms with Crippen LogP contribution >= 0.6 is 11.6 Å². The maximum absolute atomic E-state index is 10.2. The molecule has 120 valence electrons. The molecule has 0 unspecified atom stereocenters. The summed E-state index contributed by atoms with van der Waals surface area (Å²) >= 11 is 6.03. The van der Waals surface area contributed by atoms with Crippen molar-refractivity contribution in [1.29, 1.82) is 0 Å². The van der Waals surface area contributed by atoms with Crippen molar-refractivity contribution in [3.8, 4) is 0 Å². The van der Waals surface area contributed by atoms with Crippen molar-refractivity contribution in [2.45, 2.75) is 63.5 Å². The molecule has 0 heterocycles. The van der Waals surface area contributed by atoms with E-state index >= 15 is 0 Å². The Morgan fingerprint density at radius 1 is 1.19 bits per heavy atom. The van der Waals surface area contributed by atoms with Gasteiger partial charge in [0.2, 0.25) is 0 Å². The monoisotopic (exact) mass is 330 g/mol. The first-order valence-electron chi connectivity index (χ1n) is 7.39. The van der Waals surface area contributed by atoms with Gasteiger partial charge in [-0.05, 0) is 37.0 Å². The molecule has 0 saturated heterocycles. The Hall–Kier alpha value is -0.393. The van der Waals surface area contributed by atoms with E-state index < -0.39 is 20.5 Å². The molecule has 0 bridgehead atoms. The van der Waals surface area contributed by atoms with Gasteiger partial charge in [0, 0.05) is 10.6 Å². The van der Waals surface area contributed by atoms with E-state index in [9.17, 15) is 15.0 Å². The molecular weight excluding hydrogens is 304 g/mol. The molecule has 1 aromatic carbocycles. The van der Waals surface area contributed by atoms with Crippen LogP contribution in [0.3, 0.4) is 0 Å². The highest BCUT2D eigenvalue weighted by Gasteiger charge is 2.37. The summed E-state index contributed by atoms with van der Waals surface area (Å²) in [6.45, 7) is 8.00. The van der Waals surface area contributed by atoms with Gasteiger partial charge in [0.15, 0.2) is 8.32 Å². The van der Waals surface area contributed by atoms with Gasteiger partial charge in [-0.1, -0.05) is 50.1 Å². The van der Waals surface area contributed by atoms with Crippen LogP contribution < -0.4 is 0 Å². The first-order chi connectivity index (χ1) is 9.56. The number of aliphatic hydroxyl groups excluding tert-OH is 2. The number of rotatable bonds is 7. The molecule has 3 N–H and O–H groups in total. The summed E-state index contributed by atoms with van der Waals surface area (Å²) in [4.78, 5) is 10.2. The third-order valence-electron chi connectivity index (χ3n) is 4.55. The van der Waals surface area contributed by atoms with Crippen molar-refractivity contribution in [2.75, 3.05) is 0 Å².